The van der Waals surface area contributed by atoms with Crippen LogP contribution in [0, 0.1) is 0 Å². The van der Waals surface area contributed by atoms with Crippen LogP contribution in [-0.2, 0) is 11.3 Å². The average molecular weight is 465 g/mol. The molecule has 0 spiro atoms. The van der Waals surface area contributed by atoms with Crippen LogP contribution in [0.4, 0.5) is 14.5 Å². The Morgan fingerprint density at radius 2 is 1.76 bits per heavy atom. The lowest BCUT2D eigenvalue weighted by Gasteiger charge is -2.34. The zero-order chi connectivity index (χ0) is 23.5. The maximum atomic E-state index is 12.6. The van der Waals surface area contributed by atoms with Crippen LogP contribution in [0.25, 0.3) is 22.7 Å². The smallest absolute Gasteiger partial charge is 0.314 e. The van der Waals surface area contributed by atoms with Gasteiger partial charge in [-0.15, -0.1) is 15.3 Å². The Kier molecular flexibility index (Phi) is 5.98. The number of halogens is 2. The third-order valence-corrected chi connectivity index (χ3v) is 5.68. The molecule has 1 fully saturated rings. The zero-order valence-corrected chi connectivity index (χ0v) is 18.1. The van der Waals surface area contributed by atoms with Crippen molar-refractivity contribution in [3.05, 3.63) is 66.2 Å². The molecule has 0 saturated carbocycles. The summed E-state index contributed by atoms with van der Waals surface area (Å²) in [5.74, 6) is -0.640. The highest BCUT2D eigenvalue weighted by molar-refractivity contribution is 5.65. The molecule has 1 aliphatic heterocycles. The maximum absolute atomic E-state index is 12.6. The molecule has 34 heavy (non-hydrogen) atoms. The van der Waals surface area contributed by atoms with Crippen molar-refractivity contribution in [2.24, 2.45) is 0 Å². The van der Waals surface area contributed by atoms with Gasteiger partial charge in [0.15, 0.2) is 0 Å². The number of hydrogen-bond acceptors (Lipinski definition) is 7. The number of alkyl halides is 2. The lowest BCUT2D eigenvalue weighted by Crippen LogP contribution is -2.45. The van der Waals surface area contributed by atoms with Gasteiger partial charge in [-0.1, -0.05) is 29.5 Å². The molecule has 1 aliphatic rings. The predicted molar refractivity (Wildman–Crippen MR) is 119 cm³/mol. The summed E-state index contributed by atoms with van der Waals surface area (Å²) < 4.78 is 32.0. The van der Waals surface area contributed by atoms with Crippen LogP contribution in [0.3, 0.4) is 0 Å². The molecule has 0 atom stereocenters. The van der Waals surface area contributed by atoms with E-state index < -0.39 is 12.3 Å². The molecule has 0 aliphatic carbocycles. The molecule has 4 aromatic rings. The van der Waals surface area contributed by atoms with Crippen LogP contribution in [0.2, 0.25) is 0 Å². The molecule has 0 unspecified atom stereocenters. The van der Waals surface area contributed by atoms with Gasteiger partial charge in [-0.3, -0.25) is 4.79 Å². The molecule has 0 radical (unpaired) electrons. The van der Waals surface area contributed by atoms with Crippen molar-refractivity contribution in [2.75, 3.05) is 31.1 Å². The van der Waals surface area contributed by atoms with E-state index >= 15 is 0 Å². The van der Waals surface area contributed by atoms with Crippen molar-refractivity contribution in [1.82, 2.24) is 30.1 Å². The quantitative estimate of drug-likeness (QED) is 0.387. The fraction of sp³-hybridized carbons (Fsp3) is 0.261. The van der Waals surface area contributed by atoms with Crippen molar-refractivity contribution in [1.29, 1.82) is 0 Å². The summed E-state index contributed by atoms with van der Waals surface area (Å²) in [6.07, 6.45) is -0.0200. The summed E-state index contributed by atoms with van der Waals surface area (Å²) in [7, 11) is 0. The first-order chi connectivity index (χ1) is 16.6. The van der Waals surface area contributed by atoms with Crippen molar-refractivity contribution in [3.63, 3.8) is 0 Å². The Bertz CT molecular complexity index is 1260. The topological polar surface area (TPSA) is 93.2 Å². The van der Waals surface area contributed by atoms with Gasteiger partial charge in [-0.05, 0) is 29.8 Å². The van der Waals surface area contributed by atoms with E-state index in [1.165, 1.54) is 0 Å². The highest BCUT2D eigenvalue weighted by Crippen LogP contribution is 2.25. The van der Waals surface area contributed by atoms with Crippen LogP contribution in [-0.4, -0.2) is 62.7 Å². The lowest BCUT2D eigenvalue weighted by atomic mass is 10.1. The molecule has 174 valence electrons. The van der Waals surface area contributed by atoms with Gasteiger partial charge in [0.05, 0.1) is 12.7 Å². The molecule has 1 amide bonds. The summed E-state index contributed by atoms with van der Waals surface area (Å²) >= 11 is 0. The van der Waals surface area contributed by atoms with E-state index in [-0.39, 0.29) is 5.89 Å². The fourth-order valence-corrected chi connectivity index (χ4v) is 3.83. The van der Waals surface area contributed by atoms with Gasteiger partial charge >= 0.3 is 6.43 Å². The Morgan fingerprint density at radius 1 is 0.971 bits per heavy atom. The van der Waals surface area contributed by atoms with Crippen molar-refractivity contribution < 1.29 is 18.0 Å². The van der Waals surface area contributed by atoms with E-state index in [2.05, 4.69) is 37.5 Å². The molecule has 1 saturated heterocycles. The minimum atomic E-state index is -2.80. The SMILES string of the molecule is O=CN1CCN(c2cccc(-c3cn(Cc4ccc(-c5nnc(C(F)F)o5)cc4)nn3)c2)CC1. The molecule has 2 aromatic heterocycles. The van der Waals surface area contributed by atoms with E-state index in [1.807, 2.05) is 30.5 Å². The lowest BCUT2D eigenvalue weighted by molar-refractivity contribution is -0.118. The molecule has 0 bridgehead atoms. The van der Waals surface area contributed by atoms with Gasteiger partial charge in [0.1, 0.15) is 5.69 Å². The summed E-state index contributed by atoms with van der Waals surface area (Å²) in [5, 5.41) is 15.6. The Balaban J connectivity index is 1.26. The first-order valence-corrected chi connectivity index (χ1v) is 10.7. The highest BCUT2D eigenvalue weighted by Gasteiger charge is 2.18. The van der Waals surface area contributed by atoms with Crippen LogP contribution in [0.15, 0.2) is 59.1 Å². The second-order valence-corrected chi connectivity index (χ2v) is 7.92. The largest absolute Gasteiger partial charge is 0.415 e. The summed E-state index contributed by atoms with van der Waals surface area (Å²) in [6, 6.07) is 15.3. The van der Waals surface area contributed by atoms with Gasteiger partial charge in [0.2, 0.25) is 12.3 Å². The second-order valence-electron chi connectivity index (χ2n) is 7.92. The molecule has 11 heteroatoms. The summed E-state index contributed by atoms with van der Waals surface area (Å²) in [4.78, 5) is 15.0. The van der Waals surface area contributed by atoms with E-state index in [1.54, 1.807) is 21.7 Å². The number of rotatable bonds is 7. The number of hydrogen-bond donors (Lipinski definition) is 0. The molecular weight excluding hydrogens is 444 g/mol. The number of nitrogens with zero attached hydrogens (tertiary/aromatic N) is 7. The van der Waals surface area contributed by atoms with Crippen LogP contribution >= 0.6 is 0 Å². The number of anilines is 1. The molecular formula is C23H21F2N7O2. The van der Waals surface area contributed by atoms with E-state index in [9.17, 15) is 13.6 Å². The molecule has 0 N–H and O–H groups in total. The normalized spacial score (nSPS) is 14.1. The van der Waals surface area contributed by atoms with Crippen LogP contribution in [0.1, 0.15) is 17.9 Å². The zero-order valence-electron chi connectivity index (χ0n) is 18.1. The Labute approximate surface area is 193 Å². The van der Waals surface area contributed by atoms with Crippen LogP contribution < -0.4 is 4.90 Å². The van der Waals surface area contributed by atoms with Gasteiger partial charge in [0, 0.05) is 43.0 Å². The number of piperazine rings is 1. The second kappa shape index (κ2) is 9.38. The minimum Gasteiger partial charge on any atom is -0.415 e. The number of carbonyl (C=O) groups is 1. The highest BCUT2D eigenvalue weighted by atomic mass is 19.3. The first-order valence-electron chi connectivity index (χ1n) is 10.7. The third kappa shape index (κ3) is 4.63. The van der Waals surface area contributed by atoms with Gasteiger partial charge in [-0.25, -0.2) is 4.68 Å². The van der Waals surface area contributed by atoms with Crippen molar-refractivity contribution in [3.8, 4) is 22.7 Å². The number of aromatic nitrogens is 5. The number of carbonyl (C=O) groups excluding carboxylic acids is 1. The van der Waals surface area contributed by atoms with Gasteiger partial charge in [-0.2, -0.15) is 8.78 Å². The number of amides is 1. The van der Waals surface area contributed by atoms with Gasteiger partial charge < -0.3 is 14.2 Å². The monoisotopic (exact) mass is 465 g/mol. The van der Waals surface area contributed by atoms with Crippen LogP contribution in [0.5, 0.6) is 0 Å². The molecule has 9 nitrogen and oxygen atoms in total. The van der Waals surface area contributed by atoms with Gasteiger partial charge in [0.25, 0.3) is 5.89 Å². The Hall–Kier alpha value is -4.15. The van der Waals surface area contributed by atoms with E-state index in [0.29, 0.717) is 25.2 Å². The fourth-order valence-electron chi connectivity index (χ4n) is 3.83. The standard InChI is InChI=1S/C23H21F2N7O2/c24-21(25)23-28-27-22(34-23)17-6-4-16(5-7-17)13-32-14-20(26-29-32)18-2-1-3-19(12-18)31-10-8-30(15-33)9-11-31/h1-7,12,14-15,21H,8-11,13H2. The maximum Gasteiger partial charge on any atom is 0.314 e. The van der Waals surface area contributed by atoms with Crippen molar-refractivity contribution >= 4 is 12.1 Å². The summed E-state index contributed by atoms with van der Waals surface area (Å²) in [6.45, 7) is 3.49. The third-order valence-electron chi connectivity index (χ3n) is 5.68. The number of benzene rings is 2. The molecule has 2 aromatic carbocycles. The molecule has 5 rings (SSSR count). The van der Waals surface area contributed by atoms with Crippen molar-refractivity contribution in [2.45, 2.75) is 13.0 Å². The first kappa shape index (κ1) is 21.7. The van der Waals surface area contributed by atoms with E-state index in [0.717, 1.165) is 42.0 Å². The predicted octanol–water partition coefficient (Wildman–Crippen LogP) is 3.26. The van der Waals surface area contributed by atoms with E-state index in [4.69, 9.17) is 4.42 Å². The minimum absolute atomic E-state index is 0.0531. The average Bonchev–Trinajstić information content (AvgIpc) is 3.55. The molecule has 3 heterocycles. The summed E-state index contributed by atoms with van der Waals surface area (Å²) in [5.41, 5.74) is 4.33. The Morgan fingerprint density at radius 3 is 2.47 bits per heavy atom.